The van der Waals surface area contributed by atoms with Crippen molar-refractivity contribution in [3.63, 3.8) is 0 Å². The Hall–Kier alpha value is -1.35. The molecule has 0 amide bonds. The average Bonchev–Trinajstić information content (AvgIpc) is 3.19. The predicted octanol–water partition coefficient (Wildman–Crippen LogP) is 2.46. The third-order valence-corrected chi connectivity index (χ3v) is 4.64. The second-order valence-corrected chi connectivity index (χ2v) is 5.92. The van der Waals surface area contributed by atoms with E-state index < -0.39 is 0 Å². The standard InChI is InChI=1S/C16H21NO2/c1-19-15(18)14-7-10-17(12-16(14)8-9-16)11-13-5-3-2-4-6-13/h2-6,14H,7-12H2,1H3. The molecule has 1 aromatic rings. The molecule has 0 radical (unpaired) electrons. The van der Waals surface area contributed by atoms with Crippen LogP contribution in [-0.4, -0.2) is 31.1 Å². The average molecular weight is 259 g/mol. The summed E-state index contributed by atoms with van der Waals surface area (Å²) in [6, 6.07) is 10.6. The highest BCUT2D eigenvalue weighted by Gasteiger charge is 2.55. The molecular formula is C16H21NO2. The Bertz CT molecular complexity index is 453. The molecule has 2 fully saturated rings. The van der Waals surface area contributed by atoms with Gasteiger partial charge in [-0.15, -0.1) is 0 Å². The van der Waals surface area contributed by atoms with Crippen molar-refractivity contribution in [2.24, 2.45) is 11.3 Å². The summed E-state index contributed by atoms with van der Waals surface area (Å²) in [4.78, 5) is 14.3. The lowest BCUT2D eigenvalue weighted by atomic mass is 9.82. The van der Waals surface area contributed by atoms with Crippen molar-refractivity contribution in [2.45, 2.75) is 25.8 Å². The zero-order valence-corrected chi connectivity index (χ0v) is 11.5. The second-order valence-electron chi connectivity index (χ2n) is 5.92. The number of methoxy groups -OCH3 is 1. The lowest BCUT2D eigenvalue weighted by Gasteiger charge is -2.37. The number of carbonyl (C=O) groups excluding carboxylic acids is 1. The highest BCUT2D eigenvalue weighted by Crippen LogP contribution is 2.56. The van der Waals surface area contributed by atoms with Crippen molar-refractivity contribution >= 4 is 5.97 Å². The molecule has 0 bridgehead atoms. The minimum Gasteiger partial charge on any atom is -0.469 e. The van der Waals surface area contributed by atoms with Crippen molar-refractivity contribution in [1.82, 2.24) is 4.90 Å². The molecule has 1 aliphatic carbocycles. The zero-order chi connectivity index (χ0) is 13.3. The van der Waals surface area contributed by atoms with Gasteiger partial charge in [-0.05, 0) is 36.8 Å². The van der Waals surface area contributed by atoms with E-state index in [-0.39, 0.29) is 17.3 Å². The number of rotatable bonds is 3. The Morgan fingerprint density at radius 3 is 2.74 bits per heavy atom. The van der Waals surface area contributed by atoms with E-state index in [1.54, 1.807) is 0 Å². The Morgan fingerprint density at radius 2 is 2.11 bits per heavy atom. The third-order valence-electron chi connectivity index (χ3n) is 4.64. The predicted molar refractivity (Wildman–Crippen MR) is 73.5 cm³/mol. The topological polar surface area (TPSA) is 29.5 Å². The highest BCUT2D eigenvalue weighted by molar-refractivity contribution is 5.74. The molecule has 1 aliphatic heterocycles. The normalized spacial score (nSPS) is 25.2. The molecule has 1 saturated carbocycles. The van der Waals surface area contributed by atoms with E-state index in [0.717, 1.165) is 26.1 Å². The Balaban J connectivity index is 1.65. The quantitative estimate of drug-likeness (QED) is 0.781. The molecular weight excluding hydrogens is 238 g/mol. The van der Waals surface area contributed by atoms with Gasteiger partial charge in [0.2, 0.25) is 0 Å². The molecule has 0 aromatic heterocycles. The van der Waals surface area contributed by atoms with Crippen LogP contribution in [0.15, 0.2) is 30.3 Å². The lowest BCUT2D eigenvalue weighted by Crippen LogP contribution is -2.44. The summed E-state index contributed by atoms with van der Waals surface area (Å²) in [5.74, 6) is 0.126. The summed E-state index contributed by atoms with van der Waals surface area (Å²) in [7, 11) is 1.51. The van der Waals surface area contributed by atoms with Crippen LogP contribution in [0.4, 0.5) is 0 Å². The number of esters is 1. The molecule has 3 heteroatoms. The van der Waals surface area contributed by atoms with Gasteiger partial charge in [0.1, 0.15) is 0 Å². The van der Waals surface area contributed by atoms with Gasteiger partial charge in [-0.2, -0.15) is 0 Å². The number of nitrogens with zero attached hydrogens (tertiary/aromatic N) is 1. The first-order valence-electron chi connectivity index (χ1n) is 7.08. The van der Waals surface area contributed by atoms with E-state index in [2.05, 4.69) is 35.2 Å². The first-order chi connectivity index (χ1) is 9.23. The maximum Gasteiger partial charge on any atom is 0.309 e. The molecule has 102 valence electrons. The number of hydrogen-bond donors (Lipinski definition) is 0. The molecule has 1 aromatic carbocycles. The van der Waals surface area contributed by atoms with Crippen molar-refractivity contribution in [3.8, 4) is 0 Å². The van der Waals surface area contributed by atoms with E-state index >= 15 is 0 Å². The number of benzene rings is 1. The fraction of sp³-hybridized carbons (Fsp3) is 0.562. The fourth-order valence-corrected chi connectivity index (χ4v) is 3.41. The van der Waals surface area contributed by atoms with Crippen LogP contribution in [0, 0.1) is 11.3 Å². The van der Waals surface area contributed by atoms with Crippen molar-refractivity contribution in [3.05, 3.63) is 35.9 Å². The van der Waals surface area contributed by atoms with Gasteiger partial charge >= 0.3 is 5.97 Å². The van der Waals surface area contributed by atoms with E-state index in [0.29, 0.717) is 0 Å². The fourth-order valence-electron chi connectivity index (χ4n) is 3.41. The molecule has 2 aliphatic rings. The number of hydrogen-bond acceptors (Lipinski definition) is 3. The molecule has 1 atom stereocenters. The van der Waals surface area contributed by atoms with Crippen molar-refractivity contribution in [1.29, 1.82) is 0 Å². The molecule has 3 nitrogen and oxygen atoms in total. The number of piperidine rings is 1. The molecule has 3 rings (SSSR count). The Labute approximate surface area is 114 Å². The second kappa shape index (κ2) is 4.97. The van der Waals surface area contributed by atoms with Gasteiger partial charge in [-0.25, -0.2) is 0 Å². The molecule has 1 spiro atoms. The van der Waals surface area contributed by atoms with Gasteiger partial charge in [0.15, 0.2) is 0 Å². The maximum atomic E-state index is 11.8. The Morgan fingerprint density at radius 1 is 1.37 bits per heavy atom. The first-order valence-corrected chi connectivity index (χ1v) is 7.08. The van der Waals surface area contributed by atoms with Crippen LogP contribution >= 0.6 is 0 Å². The summed E-state index contributed by atoms with van der Waals surface area (Å²) in [6.45, 7) is 3.04. The van der Waals surface area contributed by atoms with E-state index in [1.165, 1.54) is 25.5 Å². The maximum absolute atomic E-state index is 11.8. The van der Waals surface area contributed by atoms with Gasteiger partial charge in [-0.1, -0.05) is 30.3 Å². The smallest absolute Gasteiger partial charge is 0.309 e. The summed E-state index contributed by atoms with van der Waals surface area (Å²) in [5, 5.41) is 0. The molecule has 1 unspecified atom stereocenters. The van der Waals surface area contributed by atoms with Crippen LogP contribution in [0.1, 0.15) is 24.8 Å². The van der Waals surface area contributed by atoms with Crippen LogP contribution < -0.4 is 0 Å². The van der Waals surface area contributed by atoms with E-state index in [4.69, 9.17) is 4.74 Å². The van der Waals surface area contributed by atoms with Crippen LogP contribution in [0.5, 0.6) is 0 Å². The van der Waals surface area contributed by atoms with Gasteiger partial charge in [0, 0.05) is 13.1 Å². The van der Waals surface area contributed by atoms with Crippen molar-refractivity contribution in [2.75, 3.05) is 20.2 Å². The summed E-state index contributed by atoms with van der Waals surface area (Å²) in [6.07, 6.45) is 3.30. The van der Waals surface area contributed by atoms with Gasteiger partial charge in [0.25, 0.3) is 0 Å². The first kappa shape index (κ1) is 12.7. The molecule has 1 heterocycles. The molecule has 19 heavy (non-hydrogen) atoms. The number of likely N-dealkylation sites (tertiary alicyclic amines) is 1. The minimum atomic E-state index is -0.00291. The largest absolute Gasteiger partial charge is 0.469 e. The van der Waals surface area contributed by atoms with Crippen LogP contribution in [-0.2, 0) is 16.1 Å². The van der Waals surface area contributed by atoms with E-state index in [1.807, 2.05) is 0 Å². The number of ether oxygens (including phenoxy) is 1. The van der Waals surface area contributed by atoms with Crippen LogP contribution in [0.3, 0.4) is 0 Å². The molecule has 0 N–H and O–H groups in total. The monoisotopic (exact) mass is 259 g/mol. The summed E-state index contributed by atoms with van der Waals surface area (Å²) < 4.78 is 4.96. The summed E-state index contributed by atoms with van der Waals surface area (Å²) >= 11 is 0. The third kappa shape index (κ3) is 2.52. The zero-order valence-electron chi connectivity index (χ0n) is 11.5. The molecule has 1 saturated heterocycles. The van der Waals surface area contributed by atoms with Crippen LogP contribution in [0.25, 0.3) is 0 Å². The summed E-state index contributed by atoms with van der Waals surface area (Å²) in [5.41, 5.74) is 1.58. The minimum absolute atomic E-state index is 0.00291. The van der Waals surface area contributed by atoms with Gasteiger partial charge < -0.3 is 4.74 Å². The van der Waals surface area contributed by atoms with E-state index in [9.17, 15) is 4.79 Å². The number of carbonyl (C=O) groups is 1. The van der Waals surface area contributed by atoms with Crippen molar-refractivity contribution < 1.29 is 9.53 Å². The van der Waals surface area contributed by atoms with Gasteiger partial charge in [0.05, 0.1) is 13.0 Å². The SMILES string of the molecule is COC(=O)C1CCN(Cc2ccccc2)CC12CC2. The lowest BCUT2D eigenvalue weighted by molar-refractivity contribution is -0.150. The highest BCUT2D eigenvalue weighted by atomic mass is 16.5. The van der Waals surface area contributed by atoms with Gasteiger partial charge in [-0.3, -0.25) is 9.69 Å². The Kier molecular flexibility index (Phi) is 3.31. The van der Waals surface area contributed by atoms with Crippen LogP contribution in [0.2, 0.25) is 0 Å².